The van der Waals surface area contributed by atoms with Gasteiger partial charge in [0.05, 0.1) is 9.82 Å². The molecule has 0 aliphatic carbocycles. The van der Waals surface area contributed by atoms with Gasteiger partial charge in [0.25, 0.3) is 5.69 Å². The summed E-state index contributed by atoms with van der Waals surface area (Å²) < 4.78 is 47.4. The van der Waals surface area contributed by atoms with Gasteiger partial charge in [0.1, 0.15) is 12.4 Å². The lowest BCUT2D eigenvalue weighted by molar-refractivity contribution is -0.384. The molecule has 0 amide bonds. The third kappa shape index (κ3) is 4.53. The van der Waals surface area contributed by atoms with Gasteiger partial charge >= 0.3 is 0 Å². The van der Waals surface area contributed by atoms with Gasteiger partial charge in [0, 0.05) is 30.3 Å². The van der Waals surface area contributed by atoms with Crippen LogP contribution in [0.3, 0.4) is 0 Å². The van der Waals surface area contributed by atoms with Crippen molar-refractivity contribution in [1.29, 1.82) is 0 Å². The molecule has 1 N–H and O–H groups in total. The number of nitro benzene ring substituents is 1. The first kappa shape index (κ1) is 21.3. The zero-order valence-corrected chi connectivity index (χ0v) is 17.1. The van der Waals surface area contributed by atoms with Crippen LogP contribution in [0.25, 0.3) is 17.0 Å². The van der Waals surface area contributed by atoms with Crippen molar-refractivity contribution in [2.45, 2.75) is 4.90 Å². The summed E-state index contributed by atoms with van der Waals surface area (Å²) in [4.78, 5) is 9.96. The molecule has 0 radical (unpaired) electrons. The number of hydrogen-bond acceptors (Lipinski definition) is 8. The first-order valence-electron chi connectivity index (χ1n) is 9.19. The zero-order valence-electron chi connectivity index (χ0n) is 16.3. The molecule has 0 spiro atoms. The van der Waals surface area contributed by atoms with Gasteiger partial charge in [-0.1, -0.05) is 12.1 Å². The topological polar surface area (TPSA) is 142 Å². The van der Waals surface area contributed by atoms with E-state index in [9.17, 15) is 22.9 Å². The first-order chi connectivity index (χ1) is 15.3. The van der Waals surface area contributed by atoms with Crippen molar-refractivity contribution in [3.8, 4) is 17.3 Å². The summed E-state index contributed by atoms with van der Waals surface area (Å²) in [6.45, 7) is -0.111. The van der Waals surface area contributed by atoms with Crippen LogP contribution in [0.2, 0.25) is 0 Å². The number of hydrogen-bond donors (Lipinski definition) is 1. The second-order valence-corrected chi connectivity index (χ2v) is 8.24. The number of benzene rings is 2. The van der Waals surface area contributed by atoms with Gasteiger partial charge in [-0.2, -0.15) is 4.52 Å². The standard InChI is InChI=1S/C19H15FN6O5S/c20-14-3-1-2-13(12-14)19-23-22-17-8-9-18(24-25(17)19)31-11-10-21-32(29,30)16-6-4-15(5-7-16)26(27)28/h1-9,12,21H,10-11H2. The molecule has 0 aliphatic heterocycles. The molecule has 0 saturated heterocycles. The molecule has 0 aliphatic rings. The number of ether oxygens (including phenoxy) is 1. The lowest BCUT2D eigenvalue weighted by Crippen LogP contribution is -2.28. The van der Waals surface area contributed by atoms with Crippen LogP contribution in [0, 0.1) is 15.9 Å². The summed E-state index contributed by atoms with van der Waals surface area (Å²) in [6, 6.07) is 13.5. The fourth-order valence-electron chi connectivity index (χ4n) is 2.82. The average Bonchev–Trinajstić information content (AvgIpc) is 3.20. The molecular formula is C19H15FN6O5S. The number of nitro groups is 1. The maximum atomic E-state index is 13.5. The molecule has 0 bridgehead atoms. The van der Waals surface area contributed by atoms with Crippen molar-refractivity contribution in [3.63, 3.8) is 0 Å². The van der Waals surface area contributed by atoms with E-state index in [2.05, 4.69) is 20.0 Å². The molecule has 4 rings (SSSR count). The van der Waals surface area contributed by atoms with Gasteiger partial charge in [-0.25, -0.2) is 17.5 Å². The molecule has 32 heavy (non-hydrogen) atoms. The number of fused-ring (bicyclic) bond motifs is 1. The number of nitrogens with one attached hydrogen (secondary N) is 1. The van der Waals surface area contributed by atoms with Gasteiger partial charge in [0.15, 0.2) is 11.5 Å². The van der Waals surface area contributed by atoms with E-state index in [1.165, 1.54) is 16.6 Å². The van der Waals surface area contributed by atoms with Crippen LogP contribution in [0.4, 0.5) is 10.1 Å². The van der Waals surface area contributed by atoms with E-state index in [4.69, 9.17) is 4.74 Å². The summed E-state index contributed by atoms with van der Waals surface area (Å²) in [7, 11) is -3.86. The Hall–Kier alpha value is -3.97. The number of sulfonamides is 1. The number of rotatable bonds is 8. The van der Waals surface area contributed by atoms with Crippen LogP contribution >= 0.6 is 0 Å². The largest absolute Gasteiger partial charge is 0.475 e. The van der Waals surface area contributed by atoms with E-state index >= 15 is 0 Å². The highest BCUT2D eigenvalue weighted by molar-refractivity contribution is 7.89. The summed E-state index contributed by atoms with van der Waals surface area (Å²) >= 11 is 0. The summed E-state index contributed by atoms with van der Waals surface area (Å²) in [5.41, 5.74) is 0.703. The Labute approximate surface area is 180 Å². The van der Waals surface area contributed by atoms with E-state index in [1.54, 1.807) is 24.3 Å². The fourth-order valence-corrected chi connectivity index (χ4v) is 3.83. The Morgan fingerprint density at radius 1 is 1.09 bits per heavy atom. The third-order valence-electron chi connectivity index (χ3n) is 4.32. The Kier molecular flexibility index (Phi) is 5.75. The third-order valence-corrected chi connectivity index (χ3v) is 5.80. The molecule has 0 atom stereocenters. The highest BCUT2D eigenvalue weighted by atomic mass is 32.2. The fraction of sp³-hybridized carbons (Fsp3) is 0.105. The molecule has 0 unspecified atom stereocenters. The van der Waals surface area contributed by atoms with E-state index in [0.717, 1.165) is 24.3 Å². The highest BCUT2D eigenvalue weighted by Gasteiger charge is 2.16. The van der Waals surface area contributed by atoms with Crippen molar-refractivity contribution in [2.24, 2.45) is 0 Å². The molecule has 2 aromatic heterocycles. The predicted octanol–water partition coefficient (Wildman–Crippen LogP) is 2.20. The predicted molar refractivity (Wildman–Crippen MR) is 110 cm³/mol. The summed E-state index contributed by atoms with van der Waals surface area (Å²) in [6.07, 6.45) is 0. The minimum Gasteiger partial charge on any atom is -0.475 e. The van der Waals surface area contributed by atoms with Gasteiger partial charge in [-0.15, -0.1) is 15.3 Å². The van der Waals surface area contributed by atoms with Crippen LogP contribution in [0.5, 0.6) is 5.88 Å². The maximum absolute atomic E-state index is 13.5. The highest BCUT2D eigenvalue weighted by Crippen LogP contribution is 2.20. The van der Waals surface area contributed by atoms with E-state index in [-0.39, 0.29) is 29.6 Å². The molecule has 2 heterocycles. The van der Waals surface area contributed by atoms with Crippen LogP contribution in [-0.2, 0) is 10.0 Å². The minimum atomic E-state index is -3.86. The van der Waals surface area contributed by atoms with Crippen LogP contribution in [0.15, 0.2) is 65.6 Å². The van der Waals surface area contributed by atoms with Crippen LogP contribution < -0.4 is 9.46 Å². The SMILES string of the molecule is O=[N+]([O-])c1ccc(S(=O)(=O)NCCOc2ccc3nnc(-c4cccc(F)c4)n3n2)cc1. The van der Waals surface area contributed by atoms with Gasteiger partial charge in [-0.05, 0) is 30.3 Å². The Balaban J connectivity index is 1.41. The van der Waals surface area contributed by atoms with Crippen molar-refractivity contribution in [2.75, 3.05) is 13.2 Å². The van der Waals surface area contributed by atoms with E-state index in [0.29, 0.717) is 17.0 Å². The Morgan fingerprint density at radius 2 is 1.88 bits per heavy atom. The van der Waals surface area contributed by atoms with Crippen LogP contribution in [-0.4, -0.2) is 46.3 Å². The van der Waals surface area contributed by atoms with E-state index in [1.807, 2.05) is 0 Å². The molecular weight excluding hydrogens is 443 g/mol. The minimum absolute atomic E-state index is 0.0395. The first-order valence-corrected chi connectivity index (χ1v) is 10.7. The quantitative estimate of drug-likeness (QED) is 0.241. The number of halogens is 1. The van der Waals surface area contributed by atoms with Crippen molar-refractivity contribution >= 4 is 21.4 Å². The van der Waals surface area contributed by atoms with Crippen molar-refractivity contribution in [3.05, 3.63) is 76.6 Å². The molecule has 13 heteroatoms. The lowest BCUT2D eigenvalue weighted by Gasteiger charge is -2.08. The van der Waals surface area contributed by atoms with Crippen LogP contribution in [0.1, 0.15) is 0 Å². The Morgan fingerprint density at radius 3 is 2.59 bits per heavy atom. The van der Waals surface area contributed by atoms with Crippen molar-refractivity contribution < 1.29 is 22.5 Å². The zero-order chi connectivity index (χ0) is 22.7. The summed E-state index contributed by atoms with van der Waals surface area (Å²) in [5.74, 6) is 0.0836. The summed E-state index contributed by atoms with van der Waals surface area (Å²) in [5, 5.41) is 23.0. The molecule has 11 nitrogen and oxygen atoms in total. The normalized spacial score (nSPS) is 11.5. The molecule has 4 aromatic rings. The van der Waals surface area contributed by atoms with Crippen molar-refractivity contribution in [1.82, 2.24) is 24.5 Å². The molecule has 0 saturated carbocycles. The van der Waals surface area contributed by atoms with Gasteiger partial charge in [-0.3, -0.25) is 10.1 Å². The smallest absolute Gasteiger partial charge is 0.269 e. The number of non-ortho nitro benzene ring substituents is 1. The second-order valence-electron chi connectivity index (χ2n) is 6.47. The molecule has 2 aromatic carbocycles. The van der Waals surface area contributed by atoms with Gasteiger partial charge < -0.3 is 4.74 Å². The second kappa shape index (κ2) is 8.64. The molecule has 164 valence electrons. The monoisotopic (exact) mass is 458 g/mol. The molecule has 0 fully saturated rings. The Bertz CT molecular complexity index is 1390. The number of aromatic nitrogens is 4. The lowest BCUT2D eigenvalue weighted by atomic mass is 10.2. The van der Waals surface area contributed by atoms with E-state index < -0.39 is 20.8 Å². The maximum Gasteiger partial charge on any atom is 0.269 e. The average molecular weight is 458 g/mol. The van der Waals surface area contributed by atoms with Gasteiger partial charge in [0.2, 0.25) is 15.9 Å². The number of nitrogens with zero attached hydrogens (tertiary/aromatic N) is 5.